The van der Waals surface area contributed by atoms with Gasteiger partial charge in [-0.25, -0.2) is 4.79 Å². The Morgan fingerprint density at radius 1 is 1.06 bits per heavy atom. The highest BCUT2D eigenvalue weighted by atomic mass is 16.6. The number of carboxylic acid groups (broad SMARTS) is 1. The summed E-state index contributed by atoms with van der Waals surface area (Å²) < 4.78 is 11.2. The van der Waals surface area contributed by atoms with E-state index >= 15 is 0 Å². The lowest BCUT2D eigenvalue weighted by molar-refractivity contribution is -0.154. The summed E-state index contributed by atoms with van der Waals surface area (Å²) in [7, 11) is 0. The van der Waals surface area contributed by atoms with E-state index in [0.717, 1.165) is 22.3 Å². The Morgan fingerprint density at radius 3 is 2.21 bits per heavy atom. The van der Waals surface area contributed by atoms with Gasteiger partial charge in [-0.1, -0.05) is 48.5 Å². The second-order valence-corrected chi connectivity index (χ2v) is 9.65. The van der Waals surface area contributed by atoms with Crippen molar-refractivity contribution in [1.82, 2.24) is 10.2 Å². The first-order valence-electron chi connectivity index (χ1n) is 11.4. The summed E-state index contributed by atoms with van der Waals surface area (Å²) in [6.07, 6.45) is -1.15. The molecule has 1 heterocycles. The number of alkyl carbamates (subject to hydrolysis) is 1. The summed E-state index contributed by atoms with van der Waals surface area (Å²) >= 11 is 0. The molecule has 0 spiro atoms. The van der Waals surface area contributed by atoms with Gasteiger partial charge in [-0.15, -0.1) is 0 Å². The molecule has 4 rings (SSSR count). The van der Waals surface area contributed by atoms with E-state index in [0.29, 0.717) is 6.42 Å². The topological polar surface area (TPSA) is 105 Å². The summed E-state index contributed by atoms with van der Waals surface area (Å²) in [6, 6.07) is 15.6. The van der Waals surface area contributed by atoms with Crippen LogP contribution in [0.2, 0.25) is 0 Å². The van der Waals surface area contributed by atoms with E-state index in [9.17, 15) is 19.5 Å². The fourth-order valence-electron chi connectivity index (χ4n) is 4.71. The molecule has 34 heavy (non-hydrogen) atoms. The Bertz CT molecular complexity index is 1050. The third-order valence-corrected chi connectivity index (χ3v) is 6.35. The molecule has 2 amide bonds. The SMILES string of the molecule is CC(C)(C)N(CC(=O)O)C(=O)C1OCCC1NC(=O)OCC1c2ccccc2-c2ccccc21. The molecule has 2 unspecified atom stereocenters. The predicted molar refractivity (Wildman–Crippen MR) is 125 cm³/mol. The molecule has 2 N–H and O–H groups in total. The van der Waals surface area contributed by atoms with Gasteiger partial charge in [0.05, 0.1) is 6.04 Å². The van der Waals surface area contributed by atoms with Crippen LogP contribution in [0.5, 0.6) is 0 Å². The second kappa shape index (κ2) is 9.46. The molecule has 1 fully saturated rings. The van der Waals surface area contributed by atoms with Gasteiger partial charge < -0.3 is 24.8 Å². The van der Waals surface area contributed by atoms with Crippen LogP contribution in [-0.4, -0.2) is 65.4 Å². The van der Waals surface area contributed by atoms with E-state index in [-0.39, 0.29) is 19.1 Å². The predicted octanol–water partition coefficient (Wildman–Crippen LogP) is 3.39. The molecule has 180 valence electrons. The molecule has 0 radical (unpaired) electrons. The summed E-state index contributed by atoms with van der Waals surface area (Å²) in [4.78, 5) is 38.3. The number of hydrogen-bond donors (Lipinski definition) is 2. The van der Waals surface area contributed by atoms with Gasteiger partial charge in [-0.05, 0) is 49.4 Å². The number of nitrogens with zero attached hydrogens (tertiary/aromatic N) is 1. The van der Waals surface area contributed by atoms with Gasteiger partial charge in [0.2, 0.25) is 0 Å². The van der Waals surface area contributed by atoms with Crippen LogP contribution >= 0.6 is 0 Å². The maximum absolute atomic E-state index is 13.1. The van der Waals surface area contributed by atoms with Crippen molar-refractivity contribution >= 4 is 18.0 Å². The number of aliphatic carboxylic acids is 1. The van der Waals surface area contributed by atoms with E-state index < -0.39 is 42.2 Å². The van der Waals surface area contributed by atoms with Crippen molar-refractivity contribution in [2.75, 3.05) is 19.8 Å². The lowest BCUT2D eigenvalue weighted by Crippen LogP contribution is -2.56. The van der Waals surface area contributed by atoms with Crippen molar-refractivity contribution in [1.29, 1.82) is 0 Å². The number of rotatable bonds is 6. The summed E-state index contributed by atoms with van der Waals surface area (Å²) in [6.45, 7) is 5.29. The van der Waals surface area contributed by atoms with Gasteiger partial charge in [0.15, 0.2) is 6.10 Å². The molecular formula is C26H30N2O6. The van der Waals surface area contributed by atoms with Gasteiger partial charge in [-0.3, -0.25) is 9.59 Å². The number of carbonyl (C=O) groups excluding carboxylic acids is 2. The third kappa shape index (κ3) is 4.77. The molecule has 0 aromatic heterocycles. The summed E-state index contributed by atoms with van der Waals surface area (Å²) in [5.74, 6) is -1.64. The zero-order valence-electron chi connectivity index (χ0n) is 19.6. The number of carbonyl (C=O) groups is 3. The monoisotopic (exact) mass is 466 g/mol. The summed E-state index contributed by atoms with van der Waals surface area (Å²) in [5.41, 5.74) is 3.80. The first-order valence-corrected chi connectivity index (χ1v) is 11.4. The average Bonchev–Trinajstić information content (AvgIpc) is 3.37. The fourth-order valence-corrected chi connectivity index (χ4v) is 4.71. The molecule has 2 aromatic rings. The van der Waals surface area contributed by atoms with Crippen LogP contribution in [0.15, 0.2) is 48.5 Å². The van der Waals surface area contributed by atoms with Crippen LogP contribution in [0, 0.1) is 0 Å². The van der Waals surface area contributed by atoms with Gasteiger partial charge in [0.1, 0.15) is 13.2 Å². The lowest BCUT2D eigenvalue weighted by atomic mass is 9.98. The fraction of sp³-hybridized carbons (Fsp3) is 0.423. The second-order valence-electron chi connectivity index (χ2n) is 9.65. The zero-order chi connectivity index (χ0) is 24.5. The Labute approximate surface area is 198 Å². The molecule has 0 saturated carbocycles. The molecule has 1 aliphatic carbocycles. The van der Waals surface area contributed by atoms with Crippen LogP contribution in [0.25, 0.3) is 11.1 Å². The Hall–Kier alpha value is -3.39. The van der Waals surface area contributed by atoms with Crippen molar-refractivity contribution < 1.29 is 29.0 Å². The van der Waals surface area contributed by atoms with Crippen molar-refractivity contribution in [3.63, 3.8) is 0 Å². The first kappa shape index (κ1) is 23.8. The van der Waals surface area contributed by atoms with Crippen LogP contribution in [0.3, 0.4) is 0 Å². The third-order valence-electron chi connectivity index (χ3n) is 6.35. The normalized spacial score (nSPS) is 19.3. The molecule has 0 bridgehead atoms. The van der Waals surface area contributed by atoms with Crippen LogP contribution in [0.4, 0.5) is 4.79 Å². The van der Waals surface area contributed by atoms with Gasteiger partial charge in [0.25, 0.3) is 5.91 Å². The molecule has 8 nitrogen and oxygen atoms in total. The number of nitrogens with one attached hydrogen (secondary N) is 1. The standard InChI is InChI=1S/C26H30N2O6/c1-26(2,3)28(14-22(29)30)24(31)23-21(12-13-33-23)27-25(32)34-15-20-18-10-6-4-8-16(18)17-9-5-7-11-19(17)20/h4-11,20-21,23H,12-15H2,1-3H3,(H,27,32)(H,29,30). The Balaban J connectivity index is 1.41. The molecule has 8 heteroatoms. The maximum atomic E-state index is 13.1. The molecular weight excluding hydrogens is 436 g/mol. The quantitative estimate of drug-likeness (QED) is 0.676. The number of carboxylic acids is 1. The van der Waals surface area contributed by atoms with E-state index in [4.69, 9.17) is 9.47 Å². The van der Waals surface area contributed by atoms with Crippen LogP contribution in [0.1, 0.15) is 44.2 Å². The van der Waals surface area contributed by atoms with Crippen molar-refractivity contribution in [2.45, 2.75) is 50.8 Å². The molecule has 1 saturated heterocycles. The minimum absolute atomic E-state index is 0.0673. The lowest BCUT2D eigenvalue weighted by Gasteiger charge is -2.36. The van der Waals surface area contributed by atoms with Gasteiger partial charge in [0, 0.05) is 18.1 Å². The highest BCUT2D eigenvalue weighted by molar-refractivity contribution is 5.87. The molecule has 2 aliphatic rings. The number of hydrogen-bond acceptors (Lipinski definition) is 5. The zero-order valence-corrected chi connectivity index (χ0v) is 19.6. The van der Waals surface area contributed by atoms with E-state index in [1.807, 2.05) is 36.4 Å². The highest BCUT2D eigenvalue weighted by Gasteiger charge is 2.41. The van der Waals surface area contributed by atoms with Gasteiger partial charge in [-0.2, -0.15) is 0 Å². The molecule has 1 aliphatic heterocycles. The summed E-state index contributed by atoms with van der Waals surface area (Å²) in [5, 5.41) is 12.0. The average molecular weight is 467 g/mol. The van der Waals surface area contributed by atoms with E-state index in [1.165, 1.54) is 4.90 Å². The van der Waals surface area contributed by atoms with Crippen LogP contribution in [-0.2, 0) is 19.1 Å². The highest BCUT2D eigenvalue weighted by Crippen LogP contribution is 2.44. The number of ether oxygens (including phenoxy) is 2. The van der Waals surface area contributed by atoms with Crippen molar-refractivity contribution in [2.24, 2.45) is 0 Å². The smallest absolute Gasteiger partial charge is 0.407 e. The van der Waals surface area contributed by atoms with Crippen molar-refractivity contribution in [3.8, 4) is 11.1 Å². The number of amides is 2. The van der Waals surface area contributed by atoms with Gasteiger partial charge >= 0.3 is 12.1 Å². The Kier molecular flexibility index (Phi) is 6.61. The number of benzene rings is 2. The Morgan fingerprint density at radius 2 is 1.65 bits per heavy atom. The van der Waals surface area contributed by atoms with Crippen molar-refractivity contribution in [3.05, 3.63) is 59.7 Å². The minimum Gasteiger partial charge on any atom is -0.480 e. The minimum atomic E-state index is -1.11. The first-order chi connectivity index (χ1) is 16.2. The van der Waals surface area contributed by atoms with Crippen LogP contribution < -0.4 is 5.32 Å². The molecule has 2 aromatic carbocycles. The molecule has 2 atom stereocenters. The largest absolute Gasteiger partial charge is 0.480 e. The number of fused-ring (bicyclic) bond motifs is 3. The van der Waals surface area contributed by atoms with E-state index in [1.54, 1.807) is 20.8 Å². The maximum Gasteiger partial charge on any atom is 0.407 e. The van der Waals surface area contributed by atoms with E-state index in [2.05, 4.69) is 17.4 Å².